The Morgan fingerprint density at radius 1 is 1.13 bits per heavy atom. The number of sulfonamides is 1. The first-order chi connectivity index (χ1) is 18.5. The summed E-state index contributed by atoms with van der Waals surface area (Å²) in [4.78, 5) is 25.6. The molecule has 2 heterocycles. The number of carbonyl (C=O) groups is 2. The first kappa shape index (κ1) is 28.7. The second-order valence-electron chi connectivity index (χ2n) is 9.98. The second kappa shape index (κ2) is 11.8. The summed E-state index contributed by atoms with van der Waals surface area (Å²) < 4.78 is 61.8. The van der Waals surface area contributed by atoms with Crippen LogP contribution < -0.4 is 10.6 Å². The lowest BCUT2D eigenvalue weighted by Crippen LogP contribution is -2.53. The van der Waals surface area contributed by atoms with E-state index in [1.165, 1.54) is 0 Å². The van der Waals surface area contributed by atoms with Gasteiger partial charge in [0.05, 0.1) is 12.7 Å². The van der Waals surface area contributed by atoms with Gasteiger partial charge in [-0.15, -0.1) is 0 Å². The molecule has 0 bridgehead atoms. The Kier molecular flexibility index (Phi) is 8.67. The number of aromatic nitrogens is 1. The third kappa shape index (κ3) is 6.45. The standard InChI is InChI=1S/C27H32F2N4O5S/c1-17(2)12-22(31-27(35)24-13-18-6-4-5-7-23(18)32(24)3)26(34)30-15-20-16-33(10-11-38-20)39(36,37)25-9-8-19(28)14-21(25)29/h4-9,13-14,17,20,22H,10-12,15-16H2,1-3H3,(H,30,34)(H,31,35)/t20?,22-/m0/s1. The minimum absolute atomic E-state index is 0.0132. The van der Waals surface area contributed by atoms with Gasteiger partial charge in [-0.3, -0.25) is 9.59 Å². The molecular formula is C27H32F2N4O5S. The van der Waals surface area contributed by atoms with E-state index in [2.05, 4.69) is 10.6 Å². The summed E-state index contributed by atoms with van der Waals surface area (Å²) in [6.45, 7) is 3.75. The van der Waals surface area contributed by atoms with Crippen molar-refractivity contribution < 1.29 is 31.5 Å². The van der Waals surface area contributed by atoms with Gasteiger partial charge in [-0.05, 0) is 36.6 Å². The zero-order chi connectivity index (χ0) is 28.3. The number of amides is 2. The summed E-state index contributed by atoms with van der Waals surface area (Å²) in [5, 5.41) is 6.49. The lowest BCUT2D eigenvalue weighted by molar-refractivity contribution is -0.124. The van der Waals surface area contributed by atoms with Crippen LogP contribution >= 0.6 is 0 Å². The fourth-order valence-corrected chi connectivity index (χ4v) is 6.14. The predicted molar refractivity (Wildman–Crippen MR) is 141 cm³/mol. The molecule has 0 aliphatic carbocycles. The minimum atomic E-state index is -4.24. The van der Waals surface area contributed by atoms with Crippen molar-refractivity contribution in [3.8, 4) is 0 Å². The zero-order valence-electron chi connectivity index (χ0n) is 22.0. The summed E-state index contributed by atoms with van der Waals surface area (Å²) >= 11 is 0. The van der Waals surface area contributed by atoms with E-state index in [9.17, 15) is 26.8 Å². The molecule has 1 unspecified atom stereocenters. The van der Waals surface area contributed by atoms with E-state index in [-0.39, 0.29) is 38.1 Å². The molecule has 2 N–H and O–H groups in total. The Hall–Kier alpha value is -3.35. The molecule has 1 aliphatic rings. The van der Waals surface area contributed by atoms with Gasteiger partial charge in [0.2, 0.25) is 15.9 Å². The van der Waals surface area contributed by atoms with Crippen molar-refractivity contribution in [2.45, 2.75) is 37.3 Å². The first-order valence-corrected chi connectivity index (χ1v) is 14.1. The van der Waals surface area contributed by atoms with Crippen LogP contribution in [-0.4, -0.2) is 67.5 Å². The fourth-order valence-electron chi connectivity index (χ4n) is 4.64. The molecule has 1 saturated heterocycles. The van der Waals surface area contributed by atoms with Crippen LogP contribution in [0.25, 0.3) is 10.9 Å². The van der Waals surface area contributed by atoms with Gasteiger partial charge < -0.3 is 19.9 Å². The smallest absolute Gasteiger partial charge is 0.268 e. The van der Waals surface area contributed by atoms with E-state index in [0.29, 0.717) is 18.2 Å². The van der Waals surface area contributed by atoms with Crippen LogP contribution in [0.15, 0.2) is 53.4 Å². The van der Waals surface area contributed by atoms with Gasteiger partial charge in [-0.2, -0.15) is 4.31 Å². The molecule has 1 fully saturated rings. The number of fused-ring (bicyclic) bond motifs is 1. The number of aryl methyl sites for hydroxylation is 1. The highest BCUT2D eigenvalue weighted by atomic mass is 32.2. The van der Waals surface area contributed by atoms with Gasteiger partial charge in [0.1, 0.15) is 28.3 Å². The van der Waals surface area contributed by atoms with Gasteiger partial charge in [-0.1, -0.05) is 32.0 Å². The average molecular weight is 563 g/mol. The van der Waals surface area contributed by atoms with Gasteiger partial charge in [-0.25, -0.2) is 17.2 Å². The lowest BCUT2D eigenvalue weighted by atomic mass is 10.0. The quantitative estimate of drug-likeness (QED) is 0.417. The topological polar surface area (TPSA) is 110 Å². The van der Waals surface area contributed by atoms with Crippen molar-refractivity contribution in [3.05, 3.63) is 65.9 Å². The number of nitrogens with zero attached hydrogens (tertiary/aromatic N) is 2. The van der Waals surface area contributed by atoms with Crippen LogP contribution in [0.1, 0.15) is 30.8 Å². The molecule has 1 aliphatic heterocycles. The number of hydrogen-bond donors (Lipinski definition) is 2. The monoisotopic (exact) mass is 562 g/mol. The van der Waals surface area contributed by atoms with E-state index < -0.39 is 44.6 Å². The summed E-state index contributed by atoms with van der Waals surface area (Å²) in [6, 6.07) is 10.8. The maximum absolute atomic E-state index is 14.2. The molecule has 0 radical (unpaired) electrons. The highest BCUT2D eigenvalue weighted by Gasteiger charge is 2.33. The molecule has 0 spiro atoms. The molecule has 4 rings (SSSR count). The number of para-hydroxylation sites is 1. The fraction of sp³-hybridized carbons (Fsp3) is 0.407. The molecule has 2 aromatic carbocycles. The van der Waals surface area contributed by atoms with Gasteiger partial charge >= 0.3 is 0 Å². The summed E-state index contributed by atoms with van der Waals surface area (Å²) in [5.74, 6) is -2.76. The molecule has 1 aromatic heterocycles. The maximum Gasteiger partial charge on any atom is 0.268 e. The molecule has 0 saturated carbocycles. The normalized spacial score (nSPS) is 17.3. The van der Waals surface area contributed by atoms with Crippen LogP contribution in [0.4, 0.5) is 8.78 Å². The van der Waals surface area contributed by atoms with E-state index in [1.807, 2.05) is 38.1 Å². The van der Waals surface area contributed by atoms with E-state index in [0.717, 1.165) is 27.3 Å². The third-order valence-electron chi connectivity index (χ3n) is 6.63. The molecule has 2 atom stereocenters. The van der Waals surface area contributed by atoms with Gasteiger partial charge in [0, 0.05) is 43.7 Å². The summed E-state index contributed by atoms with van der Waals surface area (Å²) in [7, 11) is -2.45. The molecule has 210 valence electrons. The largest absolute Gasteiger partial charge is 0.374 e. The van der Waals surface area contributed by atoms with Crippen molar-refractivity contribution in [2.24, 2.45) is 13.0 Å². The number of morpholine rings is 1. The van der Waals surface area contributed by atoms with Crippen LogP contribution in [0, 0.1) is 17.6 Å². The Morgan fingerprint density at radius 3 is 2.56 bits per heavy atom. The predicted octanol–water partition coefficient (Wildman–Crippen LogP) is 2.81. The number of nitrogens with one attached hydrogen (secondary N) is 2. The van der Waals surface area contributed by atoms with Crippen molar-refractivity contribution >= 4 is 32.7 Å². The third-order valence-corrected chi connectivity index (χ3v) is 8.53. The Labute approximate surface area is 226 Å². The number of benzene rings is 2. The minimum Gasteiger partial charge on any atom is -0.374 e. The van der Waals surface area contributed by atoms with E-state index in [1.54, 1.807) is 17.7 Å². The van der Waals surface area contributed by atoms with Crippen LogP contribution in [0.5, 0.6) is 0 Å². The Morgan fingerprint density at radius 2 is 1.87 bits per heavy atom. The summed E-state index contributed by atoms with van der Waals surface area (Å²) in [5.41, 5.74) is 1.31. The van der Waals surface area contributed by atoms with Crippen molar-refractivity contribution in [1.29, 1.82) is 0 Å². The van der Waals surface area contributed by atoms with Crippen LogP contribution in [-0.2, 0) is 26.6 Å². The number of hydrogen-bond acceptors (Lipinski definition) is 5. The molecule has 12 heteroatoms. The number of ether oxygens (including phenoxy) is 1. The van der Waals surface area contributed by atoms with E-state index >= 15 is 0 Å². The molecule has 2 amide bonds. The van der Waals surface area contributed by atoms with Gasteiger partial charge in [0.25, 0.3) is 5.91 Å². The molecular weight excluding hydrogens is 530 g/mol. The number of rotatable bonds is 9. The molecule has 39 heavy (non-hydrogen) atoms. The maximum atomic E-state index is 14.2. The average Bonchev–Trinajstić information content (AvgIpc) is 3.23. The van der Waals surface area contributed by atoms with Crippen molar-refractivity contribution in [1.82, 2.24) is 19.5 Å². The Bertz CT molecular complexity index is 1470. The zero-order valence-corrected chi connectivity index (χ0v) is 22.8. The summed E-state index contributed by atoms with van der Waals surface area (Å²) in [6.07, 6.45) is -0.313. The first-order valence-electron chi connectivity index (χ1n) is 12.7. The Balaban J connectivity index is 1.41. The highest BCUT2D eigenvalue weighted by Crippen LogP contribution is 2.22. The SMILES string of the molecule is CC(C)C[C@H](NC(=O)c1cc2ccccc2n1C)C(=O)NCC1CN(S(=O)(=O)c2ccc(F)cc2F)CCO1. The number of halogens is 2. The van der Waals surface area contributed by atoms with Crippen LogP contribution in [0.2, 0.25) is 0 Å². The number of carbonyl (C=O) groups excluding carboxylic acids is 2. The highest BCUT2D eigenvalue weighted by molar-refractivity contribution is 7.89. The molecule has 3 aromatic rings. The second-order valence-corrected chi connectivity index (χ2v) is 11.9. The molecule has 9 nitrogen and oxygen atoms in total. The van der Waals surface area contributed by atoms with E-state index in [4.69, 9.17) is 4.74 Å². The van der Waals surface area contributed by atoms with Gasteiger partial charge in [0.15, 0.2) is 0 Å². The lowest BCUT2D eigenvalue weighted by Gasteiger charge is -2.32. The van der Waals surface area contributed by atoms with Crippen molar-refractivity contribution in [3.63, 3.8) is 0 Å². The van der Waals surface area contributed by atoms with Crippen molar-refractivity contribution in [2.75, 3.05) is 26.2 Å². The van der Waals surface area contributed by atoms with Crippen LogP contribution in [0.3, 0.4) is 0 Å².